The minimum absolute atomic E-state index is 0.0704. The van der Waals surface area contributed by atoms with E-state index in [-0.39, 0.29) is 28.1 Å². The molecule has 1 aliphatic heterocycles. The fraction of sp³-hybridized carbons (Fsp3) is 0.333. The second-order valence-electron chi connectivity index (χ2n) is 7.82. The van der Waals surface area contributed by atoms with Gasteiger partial charge in [-0.25, -0.2) is 17.8 Å². The van der Waals surface area contributed by atoms with Crippen LogP contribution in [0.1, 0.15) is 31.2 Å². The first-order valence-electron chi connectivity index (χ1n) is 10.3. The number of aromatic nitrogens is 6. The Bertz CT molecular complexity index is 1450. The predicted octanol–water partition coefficient (Wildman–Crippen LogP) is 1.91. The predicted molar refractivity (Wildman–Crippen MR) is 115 cm³/mol. The van der Waals surface area contributed by atoms with Gasteiger partial charge in [0.05, 0.1) is 34.9 Å². The highest BCUT2D eigenvalue weighted by molar-refractivity contribution is 7.91. The number of rotatable bonds is 5. The standard InChI is InChI=1S/C21H22N6O4S/c1-25-14-18(12-22-25)32(29,30)17-5-6-19-15(10-17)11-23-27(21(19)28)13-16-7-8-26(24-16)20-4-2-3-9-31-20/h5-8,10-12,14,20H,2-4,9,13H2,1H3. The van der Waals surface area contributed by atoms with Crippen molar-refractivity contribution in [1.29, 1.82) is 0 Å². The molecule has 0 saturated carbocycles. The van der Waals surface area contributed by atoms with Crippen LogP contribution in [0.5, 0.6) is 0 Å². The Labute approximate surface area is 184 Å². The van der Waals surface area contributed by atoms with Crippen molar-refractivity contribution in [2.24, 2.45) is 7.05 Å². The fourth-order valence-corrected chi connectivity index (χ4v) is 5.11. The monoisotopic (exact) mass is 454 g/mol. The lowest BCUT2D eigenvalue weighted by Gasteiger charge is -2.22. The van der Waals surface area contributed by atoms with Crippen molar-refractivity contribution in [1.82, 2.24) is 29.3 Å². The molecule has 5 rings (SSSR count). The van der Waals surface area contributed by atoms with Crippen LogP contribution in [-0.2, 0) is 28.2 Å². The number of hydrogen-bond acceptors (Lipinski definition) is 7. The Hall–Kier alpha value is -3.31. The smallest absolute Gasteiger partial charge is 0.274 e. The van der Waals surface area contributed by atoms with Gasteiger partial charge in [0.1, 0.15) is 11.1 Å². The van der Waals surface area contributed by atoms with Crippen molar-refractivity contribution < 1.29 is 13.2 Å². The van der Waals surface area contributed by atoms with Crippen LogP contribution in [0.25, 0.3) is 10.8 Å². The number of sulfone groups is 1. The first-order chi connectivity index (χ1) is 15.4. The lowest BCUT2D eigenvalue weighted by molar-refractivity contribution is -0.0397. The number of aryl methyl sites for hydroxylation is 1. The molecule has 3 aromatic heterocycles. The normalized spacial score (nSPS) is 17.1. The van der Waals surface area contributed by atoms with E-state index in [2.05, 4.69) is 15.3 Å². The summed E-state index contributed by atoms with van der Waals surface area (Å²) in [6.45, 7) is 0.939. The molecule has 0 amide bonds. The molecule has 4 aromatic rings. The average Bonchev–Trinajstić information content (AvgIpc) is 3.45. The summed E-state index contributed by atoms with van der Waals surface area (Å²) >= 11 is 0. The molecule has 32 heavy (non-hydrogen) atoms. The topological polar surface area (TPSA) is 114 Å². The van der Waals surface area contributed by atoms with Gasteiger partial charge in [-0.2, -0.15) is 15.3 Å². The fourth-order valence-electron chi connectivity index (χ4n) is 3.83. The van der Waals surface area contributed by atoms with Crippen LogP contribution in [0.4, 0.5) is 0 Å². The zero-order valence-corrected chi connectivity index (χ0v) is 18.3. The van der Waals surface area contributed by atoms with Gasteiger partial charge in [-0.1, -0.05) is 0 Å². The zero-order chi connectivity index (χ0) is 22.3. The summed E-state index contributed by atoms with van der Waals surface area (Å²) in [5.41, 5.74) is 0.389. The van der Waals surface area contributed by atoms with E-state index in [0.717, 1.165) is 25.9 Å². The van der Waals surface area contributed by atoms with E-state index in [0.29, 0.717) is 16.5 Å². The minimum atomic E-state index is -3.73. The van der Waals surface area contributed by atoms with Gasteiger partial charge in [0.15, 0.2) is 0 Å². The molecule has 166 valence electrons. The van der Waals surface area contributed by atoms with E-state index in [1.54, 1.807) is 11.7 Å². The van der Waals surface area contributed by atoms with Crippen LogP contribution in [0.3, 0.4) is 0 Å². The summed E-state index contributed by atoms with van der Waals surface area (Å²) < 4.78 is 36.0. The lowest BCUT2D eigenvalue weighted by atomic mass is 10.2. The second-order valence-corrected chi connectivity index (χ2v) is 9.77. The molecule has 4 heterocycles. The molecule has 1 aromatic carbocycles. The van der Waals surface area contributed by atoms with Crippen molar-refractivity contribution >= 4 is 20.6 Å². The van der Waals surface area contributed by atoms with E-state index >= 15 is 0 Å². The van der Waals surface area contributed by atoms with Gasteiger partial charge in [-0.15, -0.1) is 0 Å². The summed E-state index contributed by atoms with van der Waals surface area (Å²) in [6, 6.07) is 6.27. The van der Waals surface area contributed by atoms with Crippen LogP contribution in [-0.4, -0.2) is 44.4 Å². The Morgan fingerprint density at radius 2 is 2.00 bits per heavy atom. The summed E-state index contributed by atoms with van der Waals surface area (Å²) in [5, 5.41) is 13.5. The molecule has 1 saturated heterocycles. The maximum atomic E-state index is 13.0. The Morgan fingerprint density at radius 1 is 1.12 bits per heavy atom. The van der Waals surface area contributed by atoms with E-state index in [9.17, 15) is 13.2 Å². The third-order valence-electron chi connectivity index (χ3n) is 5.55. The average molecular weight is 455 g/mol. The Balaban J connectivity index is 1.43. The van der Waals surface area contributed by atoms with Gasteiger partial charge in [0, 0.05) is 31.4 Å². The van der Waals surface area contributed by atoms with E-state index in [1.165, 1.54) is 46.2 Å². The van der Waals surface area contributed by atoms with Crippen LogP contribution >= 0.6 is 0 Å². The van der Waals surface area contributed by atoms with Gasteiger partial charge in [-0.3, -0.25) is 9.48 Å². The van der Waals surface area contributed by atoms with Gasteiger partial charge < -0.3 is 4.74 Å². The van der Waals surface area contributed by atoms with Crippen molar-refractivity contribution in [2.75, 3.05) is 6.61 Å². The Kier molecular flexibility index (Phi) is 5.14. The summed E-state index contributed by atoms with van der Waals surface area (Å²) in [7, 11) is -2.08. The quantitative estimate of drug-likeness (QED) is 0.452. The second kappa shape index (κ2) is 7.99. The first-order valence-corrected chi connectivity index (χ1v) is 11.8. The number of nitrogens with zero attached hydrogens (tertiary/aromatic N) is 6. The van der Waals surface area contributed by atoms with Crippen LogP contribution in [0, 0.1) is 0 Å². The summed E-state index contributed by atoms with van der Waals surface area (Å²) in [6.07, 6.45) is 9.10. The van der Waals surface area contributed by atoms with Crippen molar-refractivity contribution in [3.63, 3.8) is 0 Å². The number of benzene rings is 1. The highest BCUT2D eigenvalue weighted by Gasteiger charge is 2.21. The summed E-state index contributed by atoms with van der Waals surface area (Å²) in [4.78, 5) is 13.1. The highest BCUT2D eigenvalue weighted by Crippen LogP contribution is 2.24. The molecule has 0 radical (unpaired) electrons. The molecule has 1 aliphatic rings. The molecule has 1 atom stereocenters. The van der Waals surface area contributed by atoms with Crippen molar-refractivity contribution in [2.45, 2.75) is 41.8 Å². The van der Waals surface area contributed by atoms with Crippen molar-refractivity contribution in [3.05, 3.63) is 65.1 Å². The third kappa shape index (κ3) is 3.73. The first kappa shape index (κ1) is 20.6. The lowest BCUT2D eigenvalue weighted by Crippen LogP contribution is -2.24. The van der Waals surface area contributed by atoms with Gasteiger partial charge in [0.25, 0.3) is 5.56 Å². The zero-order valence-electron chi connectivity index (χ0n) is 17.5. The third-order valence-corrected chi connectivity index (χ3v) is 7.26. The molecule has 1 fully saturated rings. The molecule has 11 heteroatoms. The number of hydrogen-bond donors (Lipinski definition) is 0. The molecule has 0 spiro atoms. The van der Waals surface area contributed by atoms with Crippen LogP contribution in [0.15, 0.2) is 63.6 Å². The molecule has 0 aliphatic carbocycles. The minimum Gasteiger partial charge on any atom is -0.357 e. The maximum Gasteiger partial charge on any atom is 0.274 e. The van der Waals surface area contributed by atoms with Gasteiger partial charge in [-0.05, 0) is 43.5 Å². The molecular formula is C21H22N6O4S. The van der Waals surface area contributed by atoms with E-state index < -0.39 is 9.84 Å². The Morgan fingerprint density at radius 3 is 2.75 bits per heavy atom. The van der Waals surface area contributed by atoms with Crippen LogP contribution < -0.4 is 5.56 Å². The molecule has 0 bridgehead atoms. The summed E-state index contributed by atoms with van der Waals surface area (Å²) in [5.74, 6) is 0. The molecule has 10 nitrogen and oxygen atoms in total. The SMILES string of the molecule is Cn1cc(S(=O)(=O)c2ccc3c(=O)n(Cc4ccn(C5CCCCO5)n4)ncc3c2)cn1. The molecule has 1 unspecified atom stereocenters. The van der Waals surface area contributed by atoms with E-state index in [4.69, 9.17) is 4.74 Å². The molecular weight excluding hydrogens is 432 g/mol. The van der Waals surface area contributed by atoms with Gasteiger partial charge in [0.2, 0.25) is 9.84 Å². The van der Waals surface area contributed by atoms with E-state index in [1.807, 2.05) is 12.3 Å². The molecule has 0 N–H and O–H groups in total. The van der Waals surface area contributed by atoms with Crippen LogP contribution in [0.2, 0.25) is 0 Å². The largest absolute Gasteiger partial charge is 0.357 e. The number of ether oxygens (including phenoxy) is 1. The maximum absolute atomic E-state index is 13.0. The number of fused-ring (bicyclic) bond motifs is 1. The highest BCUT2D eigenvalue weighted by atomic mass is 32.2. The van der Waals surface area contributed by atoms with Gasteiger partial charge >= 0.3 is 0 Å². The van der Waals surface area contributed by atoms with Crippen molar-refractivity contribution in [3.8, 4) is 0 Å².